The van der Waals surface area contributed by atoms with E-state index in [0.29, 0.717) is 6.04 Å². The number of hydrogen-bond donors (Lipinski definition) is 1. The lowest BCUT2D eigenvalue weighted by Gasteiger charge is -2.28. The van der Waals surface area contributed by atoms with Crippen LogP contribution in [-0.2, 0) is 6.54 Å². The van der Waals surface area contributed by atoms with Crippen LogP contribution in [-0.4, -0.2) is 28.3 Å². The molecule has 0 aliphatic heterocycles. The van der Waals surface area contributed by atoms with Gasteiger partial charge < -0.3 is 10.2 Å². The SMILES string of the molecule is CCC(C)N(CC)c1ccc(CNC(C)(C)C)nn1. The molecule has 108 valence electrons. The van der Waals surface area contributed by atoms with Crippen LogP contribution >= 0.6 is 0 Å². The number of nitrogens with zero attached hydrogens (tertiary/aromatic N) is 3. The van der Waals surface area contributed by atoms with Gasteiger partial charge in [-0.25, -0.2) is 0 Å². The van der Waals surface area contributed by atoms with E-state index in [-0.39, 0.29) is 5.54 Å². The minimum atomic E-state index is 0.104. The lowest BCUT2D eigenvalue weighted by molar-refractivity contribution is 0.420. The molecule has 0 aliphatic rings. The van der Waals surface area contributed by atoms with Crippen LogP contribution in [0.3, 0.4) is 0 Å². The van der Waals surface area contributed by atoms with Crippen molar-refractivity contribution in [1.29, 1.82) is 0 Å². The smallest absolute Gasteiger partial charge is 0.151 e. The van der Waals surface area contributed by atoms with Gasteiger partial charge in [-0.1, -0.05) is 6.92 Å². The summed E-state index contributed by atoms with van der Waals surface area (Å²) < 4.78 is 0. The van der Waals surface area contributed by atoms with E-state index in [0.717, 1.165) is 31.0 Å². The molecule has 4 heteroatoms. The molecule has 19 heavy (non-hydrogen) atoms. The summed E-state index contributed by atoms with van der Waals surface area (Å²) in [6, 6.07) is 4.63. The summed E-state index contributed by atoms with van der Waals surface area (Å²) in [5, 5.41) is 12.1. The average Bonchev–Trinajstić information content (AvgIpc) is 2.37. The molecule has 1 aromatic rings. The van der Waals surface area contributed by atoms with Crippen molar-refractivity contribution in [3.63, 3.8) is 0 Å². The van der Waals surface area contributed by atoms with Crippen molar-refractivity contribution >= 4 is 5.82 Å². The van der Waals surface area contributed by atoms with Gasteiger partial charge in [-0.2, -0.15) is 5.10 Å². The first kappa shape index (κ1) is 15.9. The summed E-state index contributed by atoms with van der Waals surface area (Å²) in [4.78, 5) is 2.29. The van der Waals surface area contributed by atoms with E-state index >= 15 is 0 Å². The van der Waals surface area contributed by atoms with E-state index in [1.54, 1.807) is 0 Å². The fraction of sp³-hybridized carbons (Fsp3) is 0.733. The molecule has 1 rings (SSSR count). The Kier molecular flexibility index (Phi) is 5.73. The van der Waals surface area contributed by atoms with Gasteiger partial charge in [-0.3, -0.25) is 0 Å². The zero-order valence-electron chi connectivity index (χ0n) is 13.2. The van der Waals surface area contributed by atoms with E-state index in [1.165, 1.54) is 0 Å². The molecule has 0 saturated carbocycles. The van der Waals surface area contributed by atoms with E-state index in [1.807, 2.05) is 0 Å². The van der Waals surface area contributed by atoms with Gasteiger partial charge in [0.05, 0.1) is 5.69 Å². The second-order valence-electron chi connectivity index (χ2n) is 6.03. The van der Waals surface area contributed by atoms with Crippen LogP contribution in [0.4, 0.5) is 5.82 Å². The van der Waals surface area contributed by atoms with E-state index in [4.69, 9.17) is 0 Å². The molecule has 0 aliphatic carbocycles. The number of hydrogen-bond acceptors (Lipinski definition) is 4. The third-order valence-electron chi connectivity index (χ3n) is 3.26. The molecule has 1 unspecified atom stereocenters. The fourth-order valence-corrected chi connectivity index (χ4v) is 1.88. The molecule has 0 aromatic carbocycles. The maximum atomic E-state index is 4.36. The zero-order chi connectivity index (χ0) is 14.5. The molecule has 1 aromatic heterocycles. The first-order valence-corrected chi connectivity index (χ1v) is 7.21. The maximum Gasteiger partial charge on any atom is 0.151 e. The van der Waals surface area contributed by atoms with Crippen LogP contribution in [0.1, 0.15) is 53.7 Å². The lowest BCUT2D eigenvalue weighted by Crippen LogP contribution is -2.35. The highest BCUT2D eigenvalue weighted by atomic mass is 15.3. The van der Waals surface area contributed by atoms with Gasteiger partial charge in [0.1, 0.15) is 0 Å². The van der Waals surface area contributed by atoms with Gasteiger partial charge >= 0.3 is 0 Å². The summed E-state index contributed by atoms with van der Waals surface area (Å²) >= 11 is 0. The van der Waals surface area contributed by atoms with E-state index < -0.39 is 0 Å². The van der Waals surface area contributed by atoms with Crippen molar-refractivity contribution in [2.45, 2.75) is 66.1 Å². The van der Waals surface area contributed by atoms with Crippen LogP contribution in [0.15, 0.2) is 12.1 Å². The maximum absolute atomic E-state index is 4.36. The quantitative estimate of drug-likeness (QED) is 0.857. The highest BCUT2D eigenvalue weighted by Crippen LogP contribution is 2.14. The predicted octanol–water partition coefficient (Wildman–Crippen LogP) is 2.99. The molecule has 4 nitrogen and oxygen atoms in total. The first-order chi connectivity index (χ1) is 8.87. The van der Waals surface area contributed by atoms with Crippen molar-refractivity contribution in [3.05, 3.63) is 17.8 Å². The van der Waals surface area contributed by atoms with Crippen LogP contribution in [0.25, 0.3) is 0 Å². The first-order valence-electron chi connectivity index (χ1n) is 7.21. The average molecular weight is 264 g/mol. The van der Waals surface area contributed by atoms with Crippen LogP contribution < -0.4 is 10.2 Å². The molecule has 1 atom stereocenters. The Morgan fingerprint density at radius 3 is 2.32 bits per heavy atom. The van der Waals surface area contributed by atoms with Gasteiger partial charge in [0.2, 0.25) is 0 Å². The molecule has 0 saturated heterocycles. The van der Waals surface area contributed by atoms with Gasteiger partial charge in [0, 0.05) is 24.7 Å². The van der Waals surface area contributed by atoms with E-state index in [9.17, 15) is 0 Å². The summed E-state index contributed by atoms with van der Waals surface area (Å²) in [6.07, 6.45) is 1.11. The molecule has 0 radical (unpaired) electrons. The highest BCUT2D eigenvalue weighted by molar-refractivity contribution is 5.38. The van der Waals surface area contributed by atoms with Crippen molar-refractivity contribution in [2.75, 3.05) is 11.4 Å². The second kappa shape index (κ2) is 6.85. The van der Waals surface area contributed by atoms with E-state index in [2.05, 4.69) is 74.1 Å². The van der Waals surface area contributed by atoms with Crippen LogP contribution in [0, 0.1) is 0 Å². The van der Waals surface area contributed by atoms with Crippen LogP contribution in [0.5, 0.6) is 0 Å². The molecule has 0 bridgehead atoms. The topological polar surface area (TPSA) is 41.0 Å². The van der Waals surface area contributed by atoms with Gasteiger partial charge in [-0.15, -0.1) is 5.10 Å². The van der Waals surface area contributed by atoms with Crippen molar-refractivity contribution in [1.82, 2.24) is 15.5 Å². The predicted molar refractivity (Wildman–Crippen MR) is 81.4 cm³/mol. The highest BCUT2D eigenvalue weighted by Gasteiger charge is 2.13. The van der Waals surface area contributed by atoms with Gasteiger partial charge in [-0.05, 0) is 53.2 Å². The molecule has 1 heterocycles. The molecular weight excluding hydrogens is 236 g/mol. The number of anilines is 1. The summed E-state index contributed by atoms with van der Waals surface area (Å²) in [7, 11) is 0. The van der Waals surface area contributed by atoms with Crippen LogP contribution in [0.2, 0.25) is 0 Å². The number of rotatable bonds is 6. The summed E-state index contributed by atoms with van der Waals surface area (Å²) in [5.41, 5.74) is 1.09. The Balaban J connectivity index is 2.70. The van der Waals surface area contributed by atoms with Crippen molar-refractivity contribution in [3.8, 4) is 0 Å². The van der Waals surface area contributed by atoms with Gasteiger partial charge in [0.15, 0.2) is 5.82 Å². The Morgan fingerprint density at radius 1 is 1.21 bits per heavy atom. The Bertz CT molecular complexity index is 367. The fourth-order valence-electron chi connectivity index (χ4n) is 1.88. The monoisotopic (exact) mass is 264 g/mol. The largest absolute Gasteiger partial charge is 0.353 e. The van der Waals surface area contributed by atoms with Crippen molar-refractivity contribution in [2.24, 2.45) is 0 Å². The number of aromatic nitrogens is 2. The zero-order valence-corrected chi connectivity index (χ0v) is 13.2. The Labute approximate surface area is 117 Å². The normalized spacial score (nSPS) is 13.4. The Morgan fingerprint density at radius 2 is 1.89 bits per heavy atom. The van der Waals surface area contributed by atoms with Gasteiger partial charge in [0.25, 0.3) is 0 Å². The van der Waals surface area contributed by atoms with Crippen molar-refractivity contribution < 1.29 is 0 Å². The third kappa shape index (κ3) is 5.15. The lowest BCUT2D eigenvalue weighted by atomic mass is 10.1. The molecule has 0 amide bonds. The molecule has 0 spiro atoms. The molecular formula is C15H28N4. The Hall–Kier alpha value is -1.16. The molecule has 0 fully saturated rings. The summed E-state index contributed by atoms with van der Waals surface area (Å²) in [5.74, 6) is 0.969. The second-order valence-corrected chi connectivity index (χ2v) is 6.03. The number of nitrogens with one attached hydrogen (secondary N) is 1. The third-order valence-corrected chi connectivity index (χ3v) is 3.26. The standard InChI is InChI=1S/C15H28N4/c1-7-12(3)19(8-2)14-10-9-13(17-18-14)11-16-15(4,5)6/h9-10,12,16H,7-8,11H2,1-6H3. The summed E-state index contributed by atoms with van der Waals surface area (Å²) in [6.45, 7) is 14.7. The molecule has 1 N–H and O–H groups in total. The minimum absolute atomic E-state index is 0.104. The minimum Gasteiger partial charge on any atom is -0.353 e.